The van der Waals surface area contributed by atoms with Crippen LogP contribution in [0.15, 0.2) is 66.3 Å². The highest BCUT2D eigenvalue weighted by Gasteiger charge is 2.19. The molecule has 0 fully saturated rings. The van der Waals surface area contributed by atoms with Crippen LogP contribution in [0.3, 0.4) is 0 Å². The highest BCUT2D eigenvalue weighted by Crippen LogP contribution is 2.28. The normalized spacial score (nSPS) is 12.3. The zero-order chi connectivity index (χ0) is 24.9. The van der Waals surface area contributed by atoms with E-state index in [2.05, 4.69) is 5.32 Å². The van der Waals surface area contributed by atoms with Crippen LogP contribution in [-0.2, 0) is 14.3 Å². The van der Waals surface area contributed by atoms with Crippen LogP contribution in [0.2, 0.25) is 0 Å². The third-order valence-corrected chi connectivity index (χ3v) is 4.44. The molecule has 1 amide bonds. The number of nitrogens with one attached hydrogen (secondary N) is 1. The summed E-state index contributed by atoms with van der Waals surface area (Å²) in [5, 5.41) is 11.2. The predicted molar refractivity (Wildman–Crippen MR) is 122 cm³/mol. The van der Waals surface area contributed by atoms with Crippen LogP contribution in [-0.4, -0.2) is 37.0 Å². The average molecular weight is 475 g/mol. The number of esters is 1. The number of aliphatic hydroxyl groups excluding tert-OH is 1. The van der Waals surface area contributed by atoms with E-state index in [1.54, 1.807) is 44.2 Å². The molecular weight excluding hydrogens is 448 g/mol. The Hall–Kier alpha value is -3.72. The summed E-state index contributed by atoms with van der Waals surface area (Å²) in [6.45, 7) is 3.78. The molecule has 9 heteroatoms. The molecule has 0 aliphatic heterocycles. The molecule has 0 aliphatic carbocycles. The molecule has 2 rings (SSSR count). The average Bonchev–Trinajstić information content (AvgIpc) is 2.79. The lowest BCUT2D eigenvalue weighted by Crippen LogP contribution is -2.18. The molecule has 34 heavy (non-hydrogen) atoms. The van der Waals surface area contributed by atoms with Gasteiger partial charge >= 0.3 is 12.1 Å². The summed E-state index contributed by atoms with van der Waals surface area (Å²) in [6.07, 6.45) is 3.07. The molecule has 0 radical (unpaired) electrons. The fourth-order valence-corrected chi connectivity index (χ4v) is 2.87. The van der Waals surface area contributed by atoms with Gasteiger partial charge in [-0.2, -0.15) is 0 Å². The van der Waals surface area contributed by atoms with E-state index in [0.717, 1.165) is 17.7 Å². The fourth-order valence-electron chi connectivity index (χ4n) is 2.87. The van der Waals surface area contributed by atoms with E-state index < -0.39 is 29.8 Å². The standard InChI is InChI=1S/C25H27F2NO6/c1-3-32-24(30)6-4-5-17(2)15-23(18-7-10-20(11-8-18)33-14-13-29)34-25(31)28-22-12-9-19(26)16-21(22)27/h4-12,16,23,29H,3,13-15H2,1-2H3,(H,28,31)/b6-4+,17-5+/t23-/m0/s1. The number of hydrogen-bond donors (Lipinski definition) is 2. The van der Waals surface area contributed by atoms with Crippen molar-refractivity contribution in [2.45, 2.75) is 26.4 Å². The number of ether oxygens (including phenoxy) is 3. The Morgan fingerprint density at radius 1 is 1.15 bits per heavy atom. The zero-order valence-corrected chi connectivity index (χ0v) is 18.9. The minimum atomic E-state index is -0.931. The predicted octanol–water partition coefficient (Wildman–Crippen LogP) is 5.08. The van der Waals surface area contributed by atoms with Crippen LogP contribution in [0.4, 0.5) is 19.3 Å². The zero-order valence-electron chi connectivity index (χ0n) is 18.9. The summed E-state index contributed by atoms with van der Waals surface area (Å²) in [5.74, 6) is -1.65. The van der Waals surface area contributed by atoms with Crippen LogP contribution in [0.1, 0.15) is 31.9 Å². The molecule has 1 atom stereocenters. The number of carbonyl (C=O) groups excluding carboxylic acids is 2. The largest absolute Gasteiger partial charge is 0.491 e. The number of carbonyl (C=O) groups is 2. The second kappa shape index (κ2) is 13.7. The van der Waals surface area contributed by atoms with E-state index in [1.807, 2.05) is 0 Å². The minimum Gasteiger partial charge on any atom is -0.491 e. The van der Waals surface area contributed by atoms with Crippen molar-refractivity contribution in [1.29, 1.82) is 0 Å². The van der Waals surface area contributed by atoms with Gasteiger partial charge < -0.3 is 19.3 Å². The first kappa shape index (κ1) is 26.5. The van der Waals surface area contributed by atoms with Crippen LogP contribution in [0.25, 0.3) is 0 Å². The van der Waals surface area contributed by atoms with Crippen molar-refractivity contribution < 1.29 is 37.7 Å². The highest BCUT2D eigenvalue weighted by atomic mass is 19.1. The number of amides is 1. The number of benzene rings is 2. The molecule has 7 nitrogen and oxygen atoms in total. The number of allylic oxidation sites excluding steroid dienone is 2. The second-order valence-electron chi connectivity index (χ2n) is 7.11. The Morgan fingerprint density at radius 3 is 2.53 bits per heavy atom. The van der Waals surface area contributed by atoms with Gasteiger partial charge in [0.15, 0.2) is 0 Å². The van der Waals surface area contributed by atoms with E-state index >= 15 is 0 Å². The molecule has 0 saturated carbocycles. The molecule has 0 heterocycles. The van der Waals surface area contributed by atoms with E-state index in [4.69, 9.17) is 19.3 Å². The molecule has 0 bridgehead atoms. The first-order chi connectivity index (χ1) is 16.3. The fraction of sp³-hybridized carbons (Fsp3) is 0.280. The Bertz CT molecular complexity index is 1020. The van der Waals surface area contributed by atoms with Crippen molar-refractivity contribution in [3.8, 4) is 5.75 Å². The van der Waals surface area contributed by atoms with Gasteiger partial charge in [0.2, 0.25) is 0 Å². The third-order valence-electron chi connectivity index (χ3n) is 4.44. The maximum atomic E-state index is 13.9. The highest BCUT2D eigenvalue weighted by molar-refractivity contribution is 5.85. The van der Waals surface area contributed by atoms with E-state index in [0.29, 0.717) is 17.4 Å². The van der Waals surface area contributed by atoms with Crippen molar-refractivity contribution >= 4 is 17.7 Å². The lowest BCUT2D eigenvalue weighted by Gasteiger charge is -2.20. The number of rotatable bonds is 11. The Morgan fingerprint density at radius 2 is 1.88 bits per heavy atom. The van der Waals surface area contributed by atoms with Crippen LogP contribution < -0.4 is 10.1 Å². The van der Waals surface area contributed by atoms with Gasteiger partial charge in [-0.1, -0.05) is 29.9 Å². The number of hydrogen-bond acceptors (Lipinski definition) is 6. The summed E-state index contributed by atoms with van der Waals surface area (Å²) in [4.78, 5) is 23.9. The number of anilines is 1. The molecule has 0 aliphatic rings. The molecule has 182 valence electrons. The van der Waals surface area contributed by atoms with Crippen molar-refractivity contribution in [2.24, 2.45) is 0 Å². The summed E-state index contributed by atoms with van der Waals surface area (Å²) >= 11 is 0. The van der Waals surface area contributed by atoms with Gasteiger partial charge in [0.25, 0.3) is 0 Å². The van der Waals surface area contributed by atoms with Crippen molar-refractivity contribution in [3.63, 3.8) is 0 Å². The minimum absolute atomic E-state index is 0.128. The number of halogens is 2. The van der Waals surface area contributed by atoms with Crippen molar-refractivity contribution in [1.82, 2.24) is 0 Å². The summed E-state index contributed by atoms with van der Waals surface area (Å²) < 4.78 is 42.7. The lowest BCUT2D eigenvalue weighted by atomic mass is 10.0. The molecule has 0 unspecified atom stereocenters. The smallest absolute Gasteiger partial charge is 0.412 e. The molecule has 2 aromatic rings. The molecule has 0 saturated heterocycles. The Kier molecular flexibility index (Phi) is 10.7. The Labute approximate surface area is 196 Å². The summed E-state index contributed by atoms with van der Waals surface area (Å²) in [6, 6.07) is 9.50. The summed E-state index contributed by atoms with van der Waals surface area (Å²) in [5.41, 5.74) is 1.20. The second-order valence-corrected chi connectivity index (χ2v) is 7.11. The first-order valence-electron chi connectivity index (χ1n) is 10.6. The maximum Gasteiger partial charge on any atom is 0.412 e. The maximum absolute atomic E-state index is 13.9. The van der Waals surface area contributed by atoms with Gasteiger partial charge in [-0.15, -0.1) is 0 Å². The molecule has 0 spiro atoms. The topological polar surface area (TPSA) is 94.1 Å². The Balaban J connectivity index is 2.17. The first-order valence-corrected chi connectivity index (χ1v) is 10.6. The van der Waals surface area contributed by atoms with Gasteiger partial charge in [-0.3, -0.25) is 5.32 Å². The van der Waals surface area contributed by atoms with Gasteiger partial charge in [-0.25, -0.2) is 18.4 Å². The van der Waals surface area contributed by atoms with Crippen LogP contribution in [0.5, 0.6) is 5.75 Å². The van der Waals surface area contributed by atoms with E-state index in [-0.39, 0.29) is 31.9 Å². The quantitative estimate of drug-likeness (QED) is 0.267. The SMILES string of the molecule is CCOC(=O)/C=C/C=C(\C)C[C@H](OC(=O)Nc1ccc(F)cc1F)c1ccc(OCCO)cc1. The van der Waals surface area contributed by atoms with E-state index in [1.165, 1.54) is 12.2 Å². The monoisotopic (exact) mass is 475 g/mol. The van der Waals surface area contributed by atoms with Gasteiger partial charge in [0.1, 0.15) is 30.1 Å². The van der Waals surface area contributed by atoms with Crippen molar-refractivity contribution in [3.05, 3.63) is 83.5 Å². The van der Waals surface area contributed by atoms with Gasteiger partial charge in [-0.05, 0) is 43.7 Å². The summed E-state index contributed by atoms with van der Waals surface area (Å²) in [7, 11) is 0. The molecule has 2 aromatic carbocycles. The van der Waals surface area contributed by atoms with Gasteiger partial charge in [0, 0.05) is 18.6 Å². The van der Waals surface area contributed by atoms with Crippen LogP contribution >= 0.6 is 0 Å². The van der Waals surface area contributed by atoms with Crippen LogP contribution in [0, 0.1) is 11.6 Å². The van der Waals surface area contributed by atoms with E-state index in [9.17, 15) is 18.4 Å². The molecule has 2 N–H and O–H groups in total. The number of aliphatic hydroxyl groups is 1. The lowest BCUT2D eigenvalue weighted by molar-refractivity contribution is -0.137. The third kappa shape index (κ3) is 9.03. The van der Waals surface area contributed by atoms with Gasteiger partial charge in [0.05, 0.1) is 18.9 Å². The molecule has 0 aromatic heterocycles. The van der Waals surface area contributed by atoms with Crippen molar-refractivity contribution in [2.75, 3.05) is 25.1 Å². The molecular formula is C25H27F2NO6.